The number of rotatable bonds is 2. The first-order chi connectivity index (χ1) is 9.90. The van der Waals surface area contributed by atoms with E-state index < -0.39 is 0 Å². The average Bonchev–Trinajstić information content (AvgIpc) is 2.45. The Labute approximate surface area is 124 Å². The summed E-state index contributed by atoms with van der Waals surface area (Å²) in [5, 5.41) is 0. The molecule has 0 fully saturated rings. The first kappa shape index (κ1) is 15.3. The summed E-state index contributed by atoms with van der Waals surface area (Å²) < 4.78 is 5.94. The summed E-state index contributed by atoms with van der Waals surface area (Å²) in [6, 6.07) is 3.43. The Balaban J connectivity index is 2.31. The van der Waals surface area contributed by atoms with E-state index in [9.17, 15) is 9.59 Å². The van der Waals surface area contributed by atoms with Gasteiger partial charge in [-0.15, -0.1) is 0 Å². The number of ether oxygens (including phenoxy) is 1. The third kappa shape index (κ3) is 3.32. The number of likely N-dealkylation sites (N-methyl/N-ethyl adjacent to an activating group) is 1. The zero-order valence-corrected chi connectivity index (χ0v) is 12.9. The molecule has 2 rings (SSSR count). The second-order valence-corrected chi connectivity index (χ2v) is 5.57. The number of carbonyl (C=O) groups is 2. The number of amides is 2. The van der Waals surface area contributed by atoms with Crippen molar-refractivity contribution in [2.75, 3.05) is 27.2 Å². The lowest BCUT2D eigenvalue weighted by Crippen LogP contribution is -2.46. The van der Waals surface area contributed by atoms with Gasteiger partial charge in [0.1, 0.15) is 11.7 Å². The monoisotopic (exact) mass is 291 g/mol. The van der Waals surface area contributed by atoms with E-state index >= 15 is 0 Å². The highest BCUT2D eigenvalue weighted by Crippen LogP contribution is 2.24. The first-order valence-corrected chi connectivity index (χ1v) is 6.99. The van der Waals surface area contributed by atoms with E-state index in [2.05, 4.69) is 4.98 Å². The zero-order chi connectivity index (χ0) is 15.6. The normalized spacial score (nSPS) is 21.9. The SMILES string of the molecule is CC(=O)N(C)C[C@@H]1Oc2ncccc2C(=O)N(C)C[C@H]1C. The Morgan fingerprint density at radius 2 is 2.29 bits per heavy atom. The molecule has 0 saturated carbocycles. The van der Waals surface area contributed by atoms with E-state index in [-0.39, 0.29) is 23.8 Å². The summed E-state index contributed by atoms with van der Waals surface area (Å²) in [5.41, 5.74) is 0.461. The maximum atomic E-state index is 12.3. The highest BCUT2D eigenvalue weighted by molar-refractivity contribution is 5.96. The van der Waals surface area contributed by atoms with E-state index in [1.54, 1.807) is 42.2 Å². The summed E-state index contributed by atoms with van der Waals surface area (Å²) in [6.07, 6.45) is 1.40. The van der Waals surface area contributed by atoms with Crippen molar-refractivity contribution in [1.82, 2.24) is 14.8 Å². The number of hydrogen-bond acceptors (Lipinski definition) is 4. The van der Waals surface area contributed by atoms with Crippen molar-refractivity contribution in [3.63, 3.8) is 0 Å². The summed E-state index contributed by atoms with van der Waals surface area (Å²) in [6.45, 7) is 4.57. The molecule has 2 atom stereocenters. The maximum absolute atomic E-state index is 12.3. The highest BCUT2D eigenvalue weighted by atomic mass is 16.5. The number of aromatic nitrogens is 1. The molecule has 0 radical (unpaired) electrons. The van der Waals surface area contributed by atoms with Crippen LogP contribution < -0.4 is 4.74 Å². The molecule has 0 bridgehead atoms. The molecule has 0 N–H and O–H groups in total. The Bertz CT molecular complexity index is 547. The van der Waals surface area contributed by atoms with Gasteiger partial charge in [0.25, 0.3) is 5.91 Å². The quantitative estimate of drug-likeness (QED) is 0.816. The molecule has 21 heavy (non-hydrogen) atoms. The van der Waals surface area contributed by atoms with Gasteiger partial charge >= 0.3 is 0 Å². The molecule has 6 nitrogen and oxygen atoms in total. The van der Waals surface area contributed by atoms with Crippen LogP contribution >= 0.6 is 0 Å². The van der Waals surface area contributed by atoms with Crippen molar-refractivity contribution >= 4 is 11.8 Å². The Hall–Kier alpha value is -2.11. The van der Waals surface area contributed by atoms with Crippen LogP contribution in [0.4, 0.5) is 0 Å². The van der Waals surface area contributed by atoms with Crippen molar-refractivity contribution in [3.8, 4) is 5.88 Å². The zero-order valence-electron chi connectivity index (χ0n) is 12.9. The summed E-state index contributed by atoms with van der Waals surface area (Å²) >= 11 is 0. The molecule has 0 unspecified atom stereocenters. The number of carbonyl (C=O) groups excluding carboxylic acids is 2. The van der Waals surface area contributed by atoms with Gasteiger partial charge in [0, 0.05) is 39.7 Å². The highest BCUT2D eigenvalue weighted by Gasteiger charge is 2.30. The van der Waals surface area contributed by atoms with Crippen LogP contribution in [-0.4, -0.2) is 59.9 Å². The van der Waals surface area contributed by atoms with E-state index in [4.69, 9.17) is 4.74 Å². The predicted molar refractivity (Wildman–Crippen MR) is 78.1 cm³/mol. The molecule has 2 amide bonds. The van der Waals surface area contributed by atoms with Gasteiger partial charge in [-0.3, -0.25) is 9.59 Å². The van der Waals surface area contributed by atoms with Gasteiger partial charge < -0.3 is 14.5 Å². The van der Waals surface area contributed by atoms with E-state index in [1.165, 1.54) is 6.92 Å². The van der Waals surface area contributed by atoms with Gasteiger partial charge in [0.15, 0.2) is 0 Å². The molecule has 2 heterocycles. The van der Waals surface area contributed by atoms with Crippen LogP contribution in [0.25, 0.3) is 0 Å². The van der Waals surface area contributed by atoms with Crippen molar-refractivity contribution in [1.29, 1.82) is 0 Å². The number of pyridine rings is 1. The summed E-state index contributed by atoms with van der Waals surface area (Å²) in [5.74, 6) is 0.320. The van der Waals surface area contributed by atoms with Gasteiger partial charge in [-0.05, 0) is 12.1 Å². The van der Waals surface area contributed by atoms with Crippen molar-refractivity contribution in [2.24, 2.45) is 5.92 Å². The van der Waals surface area contributed by atoms with Crippen LogP contribution in [0.5, 0.6) is 5.88 Å². The van der Waals surface area contributed by atoms with Gasteiger partial charge in [-0.2, -0.15) is 0 Å². The lowest BCUT2D eigenvalue weighted by Gasteiger charge is -2.33. The fourth-order valence-electron chi connectivity index (χ4n) is 2.36. The molecule has 0 aromatic carbocycles. The van der Waals surface area contributed by atoms with Crippen LogP contribution in [0.3, 0.4) is 0 Å². The first-order valence-electron chi connectivity index (χ1n) is 6.99. The van der Waals surface area contributed by atoms with E-state index in [0.29, 0.717) is 24.5 Å². The van der Waals surface area contributed by atoms with Gasteiger partial charge in [0.2, 0.25) is 11.8 Å². The minimum Gasteiger partial charge on any atom is -0.472 e. The average molecular weight is 291 g/mol. The van der Waals surface area contributed by atoms with Crippen molar-refractivity contribution in [2.45, 2.75) is 20.0 Å². The Morgan fingerprint density at radius 1 is 1.57 bits per heavy atom. The second-order valence-electron chi connectivity index (χ2n) is 5.57. The molecule has 6 heteroatoms. The number of fused-ring (bicyclic) bond motifs is 1. The van der Waals surface area contributed by atoms with Crippen LogP contribution in [0.1, 0.15) is 24.2 Å². The summed E-state index contributed by atoms with van der Waals surface area (Å²) in [4.78, 5) is 31.2. The molecule has 1 aliphatic rings. The lowest BCUT2D eigenvalue weighted by atomic mass is 10.0. The maximum Gasteiger partial charge on any atom is 0.259 e. The van der Waals surface area contributed by atoms with E-state index in [1.807, 2.05) is 6.92 Å². The van der Waals surface area contributed by atoms with Gasteiger partial charge in [0.05, 0.1) is 6.54 Å². The smallest absolute Gasteiger partial charge is 0.259 e. The van der Waals surface area contributed by atoms with E-state index in [0.717, 1.165) is 0 Å². The van der Waals surface area contributed by atoms with Gasteiger partial charge in [-0.25, -0.2) is 4.98 Å². The summed E-state index contributed by atoms with van der Waals surface area (Å²) in [7, 11) is 3.51. The van der Waals surface area contributed by atoms with Gasteiger partial charge in [-0.1, -0.05) is 6.92 Å². The fourth-order valence-corrected chi connectivity index (χ4v) is 2.36. The molecular weight excluding hydrogens is 270 g/mol. The standard InChI is InChI=1S/C15H21N3O3/c1-10-8-18(4)15(20)12-6-5-7-16-14(12)21-13(10)9-17(3)11(2)19/h5-7,10,13H,8-9H2,1-4H3/t10-,13+/m1/s1. The minimum atomic E-state index is -0.205. The lowest BCUT2D eigenvalue weighted by molar-refractivity contribution is -0.129. The van der Waals surface area contributed by atoms with Crippen LogP contribution in [0.2, 0.25) is 0 Å². The molecule has 0 aliphatic carbocycles. The largest absolute Gasteiger partial charge is 0.472 e. The third-order valence-electron chi connectivity index (χ3n) is 3.80. The molecular formula is C15H21N3O3. The molecule has 1 aliphatic heterocycles. The third-order valence-corrected chi connectivity index (χ3v) is 3.80. The topological polar surface area (TPSA) is 62.7 Å². The van der Waals surface area contributed by atoms with Crippen LogP contribution in [0, 0.1) is 5.92 Å². The molecule has 1 aromatic rings. The van der Waals surface area contributed by atoms with Crippen molar-refractivity contribution in [3.05, 3.63) is 23.9 Å². The molecule has 0 spiro atoms. The number of hydrogen-bond donors (Lipinski definition) is 0. The minimum absolute atomic E-state index is 0.0152. The van der Waals surface area contributed by atoms with Crippen molar-refractivity contribution < 1.29 is 14.3 Å². The van der Waals surface area contributed by atoms with Crippen LogP contribution in [0.15, 0.2) is 18.3 Å². The number of nitrogens with zero attached hydrogens (tertiary/aromatic N) is 3. The Kier molecular flexibility index (Phi) is 4.45. The molecule has 1 aromatic heterocycles. The molecule has 114 valence electrons. The fraction of sp³-hybridized carbons (Fsp3) is 0.533. The predicted octanol–water partition coefficient (Wildman–Crippen LogP) is 1.03. The Morgan fingerprint density at radius 3 is 2.95 bits per heavy atom. The second kappa shape index (κ2) is 6.11. The van der Waals surface area contributed by atoms with Crippen LogP contribution in [-0.2, 0) is 4.79 Å². The molecule has 0 saturated heterocycles.